The summed E-state index contributed by atoms with van der Waals surface area (Å²) in [5.41, 5.74) is 2.46. The Kier molecular flexibility index (Phi) is 1.24. The number of hydrogen-bond donors (Lipinski definition) is 0. The van der Waals surface area contributed by atoms with Gasteiger partial charge in [0.1, 0.15) is 6.54 Å². The van der Waals surface area contributed by atoms with Crippen LogP contribution in [0, 0.1) is 4.91 Å². The Hall–Kier alpha value is -0.920. The number of rotatable bonds is 2. The average molecular weight is 109 g/mol. The van der Waals surface area contributed by atoms with E-state index < -0.39 is 0 Å². The Morgan fingerprint density at radius 2 is 2.50 bits per heavy atom. The molecule has 0 saturated heterocycles. The monoisotopic (exact) mass is 109 g/mol. The van der Waals surface area contributed by atoms with E-state index in [1.807, 2.05) is 19.1 Å². The van der Waals surface area contributed by atoms with Gasteiger partial charge in [0.25, 0.3) is 0 Å². The topological polar surface area (TPSA) is 29.4 Å². The summed E-state index contributed by atoms with van der Waals surface area (Å²) in [6.07, 6.45) is 3.84. The highest BCUT2D eigenvalue weighted by atomic mass is 16.3. The average Bonchev–Trinajstić information content (AvgIpc) is 2.42. The van der Waals surface area contributed by atoms with Crippen LogP contribution in [0.3, 0.4) is 0 Å². The summed E-state index contributed by atoms with van der Waals surface area (Å²) in [7, 11) is 0. The van der Waals surface area contributed by atoms with Crippen molar-refractivity contribution < 1.29 is 0 Å². The summed E-state index contributed by atoms with van der Waals surface area (Å²) in [5.74, 6) is 0. The van der Waals surface area contributed by atoms with E-state index in [1.165, 1.54) is 11.1 Å². The highest BCUT2D eigenvalue weighted by molar-refractivity contribution is 5.55. The summed E-state index contributed by atoms with van der Waals surface area (Å²) >= 11 is 0. The maximum atomic E-state index is 9.53. The molecule has 0 atom stereocenters. The first-order valence-corrected chi connectivity index (χ1v) is 2.52. The second kappa shape index (κ2) is 1.90. The van der Waals surface area contributed by atoms with Crippen molar-refractivity contribution in [3.63, 3.8) is 0 Å². The van der Waals surface area contributed by atoms with Crippen molar-refractivity contribution in [2.45, 2.75) is 6.92 Å². The summed E-state index contributed by atoms with van der Waals surface area (Å²) in [6.45, 7) is 2.32. The smallest absolute Gasteiger partial charge is 0.100 e. The predicted molar refractivity (Wildman–Crippen MR) is 32.5 cm³/mol. The summed E-state index contributed by atoms with van der Waals surface area (Å²) in [4.78, 5) is 9.53. The summed E-state index contributed by atoms with van der Waals surface area (Å²) in [5, 5.41) is 2.69. The third-order valence-corrected chi connectivity index (χ3v) is 1.13. The first kappa shape index (κ1) is 5.22. The Bertz CT molecular complexity index is 167. The third kappa shape index (κ3) is 1.03. The summed E-state index contributed by atoms with van der Waals surface area (Å²) < 4.78 is 0. The fourth-order valence-corrected chi connectivity index (χ4v) is 0.553. The molecule has 0 saturated carbocycles. The lowest BCUT2D eigenvalue weighted by molar-refractivity contribution is 1.22. The molecule has 1 rings (SSSR count). The Morgan fingerprint density at radius 1 is 1.88 bits per heavy atom. The van der Waals surface area contributed by atoms with E-state index in [9.17, 15) is 4.91 Å². The van der Waals surface area contributed by atoms with Crippen molar-refractivity contribution >= 4 is 0 Å². The third-order valence-electron chi connectivity index (χ3n) is 1.13. The van der Waals surface area contributed by atoms with Crippen molar-refractivity contribution in [1.82, 2.24) is 0 Å². The highest BCUT2D eigenvalue weighted by Gasteiger charge is 2.07. The van der Waals surface area contributed by atoms with Gasteiger partial charge in [-0.05, 0) is 18.1 Å². The molecule has 0 radical (unpaired) electrons. The fraction of sp³-hybridized carbons (Fsp3) is 0.333. The molecule has 0 fully saturated rings. The lowest BCUT2D eigenvalue weighted by atomic mass is 10.4. The van der Waals surface area contributed by atoms with Crippen molar-refractivity contribution in [2.75, 3.05) is 6.54 Å². The maximum Gasteiger partial charge on any atom is 0.100 e. The van der Waals surface area contributed by atoms with Crippen LogP contribution in [0.15, 0.2) is 28.5 Å². The molecular formula is C6H7NO. The van der Waals surface area contributed by atoms with E-state index in [-0.39, 0.29) is 0 Å². The van der Waals surface area contributed by atoms with Crippen molar-refractivity contribution in [3.8, 4) is 0 Å². The highest BCUT2D eigenvalue weighted by Crippen LogP contribution is 2.25. The number of allylic oxidation sites excluding steroid dienone is 3. The molecule has 0 aromatic carbocycles. The second-order valence-corrected chi connectivity index (χ2v) is 1.80. The first-order valence-electron chi connectivity index (χ1n) is 2.52. The normalized spacial score (nSPS) is 20.6. The van der Waals surface area contributed by atoms with E-state index in [2.05, 4.69) is 5.18 Å². The van der Waals surface area contributed by atoms with Crippen LogP contribution in [0.1, 0.15) is 6.92 Å². The van der Waals surface area contributed by atoms with E-state index >= 15 is 0 Å². The zero-order chi connectivity index (χ0) is 5.98. The lowest BCUT2D eigenvalue weighted by Crippen LogP contribution is -1.66. The lowest BCUT2D eigenvalue weighted by Gasteiger charge is -1.72. The molecule has 0 bridgehead atoms. The second-order valence-electron chi connectivity index (χ2n) is 1.80. The molecule has 1 aliphatic rings. The van der Waals surface area contributed by atoms with E-state index in [4.69, 9.17) is 0 Å². The van der Waals surface area contributed by atoms with Crippen molar-refractivity contribution in [1.29, 1.82) is 0 Å². The SMILES string of the molecule is CC1=CC/1=C\CN=O. The van der Waals surface area contributed by atoms with Gasteiger partial charge in [-0.1, -0.05) is 17.3 Å². The minimum absolute atomic E-state index is 0.309. The van der Waals surface area contributed by atoms with Gasteiger partial charge in [0.2, 0.25) is 0 Å². The molecule has 0 aliphatic heterocycles. The zero-order valence-electron chi connectivity index (χ0n) is 4.72. The Morgan fingerprint density at radius 3 is 2.88 bits per heavy atom. The molecule has 0 N–H and O–H groups in total. The van der Waals surface area contributed by atoms with Gasteiger partial charge < -0.3 is 0 Å². The van der Waals surface area contributed by atoms with E-state index in [0.29, 0.717) is 6.54 Å². The van der Waals surface area contributed by atoms with Gasteiger partial charge in [-0.15, -0.1) is 0 Å². The largest absolute Gasteiger partial charge is 0.150 e. The van der Waals surface area contributed by atoms with Crippen LogP contribution in [0.4, 0.5) is 0 Å². The molecule has 42 valence electrons. The molecule has 2 heteroatoms. The number of nitroso groups, excluding NO2 is 1. The predicted octanol–water partition coefficient (Wildman–Crippen LogP) is 1.64. The van der Waals surface area contributed by atoms with E-state index in [1.54, 1.807) is 0 Å². The van der Waals surface area contributed by atoms with Crippen LogP contribution >= 0.6 is 0 Å². The fourth-order valence-electron chi connectivity index (χ4n) is 0.553. The van der Waals surface area contributed by atoms with Gasteiger partial charge in [-0.2, -0.15) is 4.91 Å². The Labute approximate surface area is 47.9 Å². The van der Waals surface area contributed by atoms with Gasteiger partial charge in [-0.25, -0.2) is 0 Å². The van der Waals surface area contributed by atoms with Crippen molar-refractivity contribution in [2.24, 2.45) is 5.18 Å². The van der Waals surface area contributed by atoms with Gasteiger partial charge in [0.15, 0.2) is 0 Å². The standard InChI is InChI=1S/C6H7NO/c1-5-4-6(5)2-3-7-8/h2,4H,3H2,1H3/b6-2+. The van der Waals surface area contributed by atoms with Crippen LogP contribution in [0.25, 0.3) is 0 Å². The van der Waals surface area contributed by atoms with E-state index in [0.717, 1.165) is 0 Å². The summed E-state index contributed by atoms with van der Waals surface area (Å²) in [6, 6.07) is 0. The van der Waals surface area contributed by atoms with Crippen LogP contribution in [0.5, 0.6) is 0 Å². The molecule has 0 amide bonds. The Balaban J connectivity index is 2.29. The molecule has 0 unspecified atom stereocenters. The molecule has 2 nitrogen and oxygen atoms in total. The molecule has 1 aliphatic carbocycles. The van der Waals surface area contributed by atoms with Crippen LogP contribution < -0.4 is 0 Å². The molecule has 0 heterocycles. The maximum absolute atomic E-state index is 9.53. The number of nitrogens with zero attached hydrogens (tertiary/aromatic N) is 1. The van der Waals surface area contributed by atoms with Gasteiger partial charge in [0, 0.05) is 0 Å². The zero-order valence-corrected chi connectivity index (χ0v) is 4.72. The van der Waals surface area contributed by atoms with Crippen LogP contribution in [-0.2, 0) is 0 Å². The molecule has 0 aromatic rings. The van der Waals surface area contributed by atoms with Crippen LogP contribution in [0.2, 0.25) is 0 Å². The van der Waals surface area contributed by atoms with Crippen molar-refractivity contribution in [3.05, 3.63) is 28.2 Å². The van der Waals surface area contributed by atoms with Gasteiger partial charge in [0.05, 0.1) is 0 Å². The van der Waals surface area contributed by atoms with Gasteiger partial charge in [-0.3, -0.25) is 0 Å². The van der Waals surface area contributed by atoms with Crippen LogP contribution in [-0.4, -0.2) is 6.54 Å². The molecule has 0 aromatic heterocycles. The molecule has 8 heavy (non-hydrogen) atoms. The molecular weight excluding hydrogens is 102 g/mol. The minimum atomic E-state index is 0.309. The minimum Gasteiger partial charge on any atom is -0.150 e. The van der Waals surface area contributed by atoms with Gasteiger partial charge >= 0.3 is 0 Å². The number of hydrogen-bond acceptors (Lipinski definition) is 2. The first-order chi connectivity index (χ1) is 3.84. The quantitative estimate of drug-likeness (QED) is 0.495. The molecule has 0 spiro atoms.